The molecule has 1 rings (SSSR count). The number of aliphatic carboxylic acids is 1. The van der Waals surface area contributed by atoms with E-state index >= 15 is 0 Å². The van der Waals surface area contributed by atoms with E-state index in [0.717, 1.165) is 11.3 Å². The lowest BCUT2D eigenvalue weighted by Gasteiger charge is -2.23. The molecular weight excluding hydrogens is 254 g/mol. The molecule has 20 heavy (non-hydrogen) atoms. The lowest BCUT2D eigenvalue weighted by molar-refractivity contribution is -0.140. The summed E-state index contributed by atoms with van der Waals surface area (Å²) in [5, 5.41) is 12.4. The first-order valence-electron chi connectivity index (χ1n) is 7.06. The minimum atomic E-state index is -0.813. The molecule has 0 aliphatic heterocycles. The zero-order valence-electron chi connectivity index (χ0n) is 12.9. The monoisotopic (exact) mass is 279 g/mol. The normalized spacial score (nSPS) is 14.3. The van der Waals surface area contributed by atoms with Crippen molar-refractivity contribution in [1.29, 1.82) is 0 Å². The molecular formula is C16H25NO3. The van der Waals surface area contributed by atoms with Crippen LogP contribution in [-0.4, -0.2) is 23.2 Å². The van der Waals surface area contributed by atoms with Crippen LogP contribution < -0.4 is 10.1 Å². The molecule has 0 bridgehead atoms. The molecule has 4 nitrogen and oxygen atoms in total. The molecule has 0 saturated carbocycles. The van der Waals surface area contributed by atoms with Gasteiger partial charge >= 0.3 is 5.97 Å². The molecule has 0 amide bonds. The van der Waals surface area contributed by atoms with Gasteiger partial charge in [-0.3, -0.25) is 10.1 Å². The van der Waals surface area contributed by atoms with Gasteiger partial charge in [0.1, 0.15) is 11.8 Å². The fraction of sp³-hybridized carbons (Fsp3) is 0.562. The standard InChI is InChI=1S/C16H25NO3/c1-10(2)15(16(18)19)17-12(5)13-6-8-14(9-7-13)20-11(3)4/h6-12,15,17H,1-5H3,(H,18,19). The van der Waals surface area contributed by atoms with Crippen LogP contribution in [0.2, 0.25) is 0 Å². The maximum absolute atomic E-state index is 11.2. The zero-order valence-corrected chi connectivity index (χ0v) is 12.9. The smallest absolute Gasteiger partial charge is 0.320 e. The van der Waals surface area contributed by atoms with Gasteiger partial charge in [-0.15, -0.1) is 0 Å². The summed E-state index contributed by atoms with van der Waals surface area (Å²) in [7, 11) is 0. The van der Waals surface area contributed by atoms with Gasteiger partial charge in [-0.2, -0.15) is 0 Å². The number of rotatable bonds is 7. The fourth-order valence-electron chi connectivity index (χ4n) is 2.02. The average Bonchev–Trinajstić information content (AvgIpc) is 2.35. The van der Waals surface area contributed by atoms with Crippen LogP contribution in [0.15, 0.2) is 24.3 Å². The van der Waals surface area contributed by atoms with Crippen LogP contribution in [-0.2, 0) is 4.79 Å². The second kappa shape index (κ2) is 7.29. The van der Waals surface area contributed by atoms with Crippen molar-refractivity contribution in [3.63, 3.8) is 0 Å². The first-order valence-corrected chi connectivity index (χ1v) is 7.06. The summed E-state index contributed by atoms with van der Waals surface area (Å²) in [5.74, 6) is 0.0553. The van der Waals surface area contributed by atoms with E-state index in [0.29, 0.717) is 0 Å². The van der Waals surface area contributed by atoms with Crippen molar-refractivity contribution in [3.05, 3.63) is 29.8 Å². The summed E-state index contributed by atoms with van der Waals surface area (Å²) in [5.41, 5.74) is 1.05. The highest BCUT2D eigenvalue weighted by Crippen LogP contribution is 2.20. The summed E-state index contributed by atoms with van der Waals surface area (Å²) in [6.07, 6.45) is 0.147. The number of ether oxygens (including phenoxy) is 1. The average molecular weight is 279 g/mol. The molecule has 0 aliphatic rings. The molecule has 2 atom stereocenters. The molecule has 0 aromatic heterocycles. The van der Waals surface area contributed by atoms with Crippen LogP contribution in [0.5, 0.6) is 5.75 Å². The summed E-state index contributed by atoms with van der Waals surface area (Å²) >= 11 is 0. The molecule has 0 fully saturated rings. The maximum Gasteiger partial charge on any atom is 0.320 e. The highest BCUT2D eigenvalue weighted by atomic mass is 16.5. The second-order valence-corrected chi connectivity index (χ2v) is 5.68. The molecule has 2 unspecified atom stereocenters. The van der Waals surface area contributed by atoms with Gasteiger partial charge in [0.05, 0.1) is 6.10 Å². The van der Waals surface area contributed by atoms with E-state index in [4.69, 9.17) is 4.74 Å². The summed E-state index contributed by atoms with van der Waals surface area (Å²) in [4.78, 5) is 11.2. The predicted octanol–water partition coefficient (Wildman–Crippen LogP) is 3.23. The molecule has 2 N–H and O–H groups in total. The third kappa shape index (κ3) is 4.85. The third-order valence-corrected chi connectivity index (χ3v) is 3.11. The third-order valence-electron chi connectivity index (χ3n) is 3.11. The molecule has 112 valence electrons. The van der Waals surface area contributed by atoms with Gasteiger partial charge in [-0.1, -0.05) is 26.0 Å². The second-order valence-electron chi connectivity index (χ2n) is 5.68. The van der Waals surface area contributed by atoms with Gasteiger partial charge in [0.15, 0.2) is 0 Å². The van der Waals surface area contributed by atoms with Crippen molar-refractivity contribution in [2.45, 2.75) is 52.8 Å². The maximum atomic E-state index is 11.2. The number of nitrogens with one attached hydrogen (secondary N) is 1. The number of carboxylic acid groups (broad SMARTS) is 1. The number of hydrogen-bond acceptors (Lipinski definition) is 3. The quantitative estimate of drug-likeness (QED) is 0.804. The van der Waals surface area contributed by atoms with E-state index < -0.39 is 12.0 Å². The van der Waals surface area contributed by atoms with Gasteiger partial charge in [0.25, 0.3) is 0 Å². The molecule has 0 aliphatic carbocycles. The SMILES string of the molecule is CC(C)Oc1ccc(C(C)NC(C(=O)O)C(C)C)cc1. The van der Waals surface area contributed by atoms with E-state index in [2.05, 4.69) is 5.32 Å². The Morgan fingerprint density at radius 2 is 1.65 bits per heavy atom. The van der Waals surface area contributed by atoms with E-state index in [1.54, 1.807) is 0 Å². The van der Waals surface area contributed by atoms with Crippen molar-refractivity contribution >= 4 is 5.97 Å². The topological polar surface area (TPSA) is 58.6 Å². The zero-order chi connectivity index (χ0) is 15.3. The van der Waals surface area contributed by atoms with Crippen molar-refractivity contribution in [2.75, 3.05) is 0 Å². The first kappa shape index (κ1) is 16.5. The van der Waals surface area contributed by atoms with Gasteiger partial charge in [-0.05, 0) is 44.4 Å². The molecule has 0 radical (unpaired) electrons. The lowest BCUT2D eigenvalue weighted by atomic mass is 10.0. The van der Waals surface area contributed by atoms with Crippen molar-refractivity contribution in [3.8, 4) is 5.75 Å². The minimum absolute atomic E-state index is 0.0217. The van der Waals surface area contributed by atoms with Crippen LogP contribution in [0, 0.1) is 5.92 Å². The van der Waals surface area contributed by atoms with Crippen LogP contribution in [0.25, 0.3) is 0 Å². The Kier molecular flexibility index (Phi) is 6.02. The number of hydrogen-bond donors (Lipinski definition) is 2. The molecule has 0 heterocycles. The number of benzene rings is 1. The lowest BCUT2D eigenvalue weighted by Crippen LogP contribution is -2.42. The number of carboxylic acids is 1. The van der Waals surface area contributed by atoms with Crippen molar-refractivity contribution < 1.29 is 14.6 Å². The van der Waals surface area contributed by atoms with Crippen LogP contribution in [0.1, 0.15) is 46.2 Å². The molecule has 1 aromatic carbocycles. The van der Waals surface area contributed by atoms with Gasteiger partial charge in [-0.25, -0.2) is 0 Å². The van der Waals surface area contributed by atoms with E-state index in [-0.39, 0.29) is 18.1 Å². The van der Waals surface area contributed by atoms with Crippen LogP contribution >= 0.6 is 0 Å². The van der Waals surface area contributed by atoms with E-state index in [1.807, 2.05) is 58.9 Å². The summed E-state index contributed by atoms with van der Waals surface area (Å²) < 4.78 is 5.59. The molecule has 4 heteroatoms. The Hall–Kier alpha value is -1.55. The van der Waals surface area contributed by atoms with E-state index in [1.165, 1.54) is 0 Å². The summed E-state index contributed by atoms with van der Waals surface area (Å²) in [6.45, 7) is 9.74. The molecule has 0 saturated heterocycles. The van der Waals surface area contributed by atoms with Gasteiger partial charge in [0, 0.05) is 6.04 Å². The van der Waals surface area contributed by atoms with Crippen LogP contribution in [0.3, 0.4) is 0 Å². The Morgan fingerprint density at radius 3 is 2.05 bits per heavy atom. The Labute approximate surface area is 121 Å². The largest absolute Gasteiger partial charge is 0.491 e. The van der Waals surface area contributed by atoms with Crippen molar-refractivity contribution in [1.82, 2.24) is 5.32 Å². The molecule has 1 aromatic rings. The van der Waals surface area contributed by atoms with Gasteiger partial charge < -0.3 is 9.84 Å². The first-order chi connectivity index (χ1) is 9.31. The Bertz CT molecular complexity index is 426. The van der Waals surface area contributed by atoms with Crippen molar-refractivity contribution in [2.24, 2.45) is 5.92 Å². The minimum Gasteiger partial charge on any atom is -0.491 e. The molecule has 0 spiro atoms. The predicted molar refractivity (Wildman–Crippen MR) is 80.0 cm³/mol. The fourth-order valence-corrected chi connectivity index (χ4v) is 2.02. The Balaban J connectivity index is 2.72. The van der Waals surface area contributed by atoms with E-state index in [9.17, 15) is 9.90 Å². The van der Waals surface area contributed by atoms with Crippen LogP contribution in [0.4, 0.5) is 0 Å². The highest BCUT2D eigenvalue weighted by molar-refractivity contribution is 5.73. The highest BCUT2D eigenvalue weighted by Gasteiger charge is 2.23. The Morgan fingerprint density at radius 1 is 1.10 bits per heavy atom. The number of carbonyl (C=O) groups is 1. The summed E-state index contributed by atoms with van der Waals surface area (Å²) in [6, 6.07) is 7.20. The van der Waals surface area contributed by atoms with Gasteiger partial charge in [0.2, 0.25) is 0 Å².